The summed E-state index contributed by atoms with van der Waals surface area (Å²) in [6, 6.07) is 0. The standard InChI is InChI=1S/C8H11O10P.C4H5O6P/c9-5(10)1-3(7(13)14)19(17,18)4(8(15)16)2-6(11)12;5-3(6)1-2(4(7)8)11(9)10/h3-4H,1-2H2,(H,9,10)(H,11,12)(H,13,14)(H,15,16)(H,17,18);2H,1H2,(H2-,5,6,7,8,9,10)/p-1. The molecule has 16 nitrogen and oxygen atoms in total. The van der Waals surface area contributed by atoms with E-state index in [1.165, 1.54) is 0 Å². The first kappa shape index (κ1) is 29.3. The van der Waals surface area contributed by atoms with E-state index in [9.17, 15) is 53.0 Å². The van der Waals surface area contributed by atoms with E-state index >= 15 is 0 Å². The van der Waals surface area contributed by atoms with E-state index < -0.39 is 87.5 Å². The molecule has 6 N–H and O–H groups in total. The van der Waals surface area contributed by atoms with Crippen LogP contribution in [0.1, 0.15) is 19.3 Å². The third kappa shape index (κ3) is 10.6. The van der Waals surface area contributed by atoms with Crippen molar-refractivity contribution in [2.75, 3.05) is 0 Å². The smallest absolute Gasteiger partial charge is 0.515 e. The van der Waals surface area contributed by atoms with Crippen LogP contribution in [0.2, 0.25) is 0 Å². The molecule has 0 spiro atoms. The average molecular weight is 477 g/mol. The first-order valence-corrected chi connectivity index (χ1v) is 10.3. The lowest BCUT2D eigenvalue weighted by molar-refractivity contribution is -0.314. The topological polar surface area (TPSA) is 304 Å². The number of hydrogen-bond acceptors (Lipinski definition) is 10. The van der Waals surface area contributed by atoms with Gasteiger partial charge < -0.3 is 45.1 Å². The van der Waals surface area contributed by atoms with Crippen molar-refractivity contribution in [1.82, 2.24) is 0 Å². The van der Waals surface area contributed by atoms with Gasteiger partial charge in [-0.15, -0.1) is 0 Å². The van der Waals surface area contributed by atoms with Crippen LogP contribution < -0.4 is 10.2 Å². The van der Waals surface area contributed by atoms with E-state index in [0.29, 0.717) is 0 Å². The van der Waals surface area contributed by atoms with Crippen LogP contribution in [-0.4, -0.2) is 83.0 Å². The number of carboxylic acid groups (broad SMARTS) is 6. The third-order valence-corrected chi connectivity index (χ3v) is 6.62. The van der Waals surface area contributed by atoms with Gasteiger partial charge in [0.25, 0.3) is 0 Å². The van der Waals surface area contributed by atoms with Gasteiger partial charge in [0.2, 0.25) is 13.0 Å². The summed E-state index contributed by atoms with van der Waals surface area (Å²) in [6.45, 7) is 0. The van der Waals surface area contributed by atoms with Gasteiger partial charge in [-0.2, -0.15) is 4.89 Å². The Balaban J connectivity index is 0. The van der Waals surface area contributed by atoms with Crippen molar-refractivity contribution in [2.45, 2.75) is 36.2 Å². The molecule has 0 aromatic rings. The lowest BCUT2D eigenvalue weighted by Gasteiger charge is -2.22. The summed E-state index contributed by atoms with van der Waals surface area (Å²) in [5.74, 6) is -11.0. The van der Waals surface area contributed by atoms with Gasteiger partial charge in [-0.05, 0) is 4.57 Å². The summed E-state index contributed by atoms with van der Waals surface area (Å²) in [5.41, 5.74) is -6.65. The Kier molecular flexibility index (Phi) is 12.3. The number of rotatable bonds is 12. The molecule has 18 heteroatoms. The van der Waals surface area contributed by atoms with Gasteiger partial charge in [0, 0.05) is 12.4 Å². The highest BCUT2D eigenvalue weighted by Gasteiger charge is 2.49. The zero-order valence-corrected chi connectivity index (χ0v) is 16.3. The van der Waals surface area contributed by atoms with Crippen molar-refractivity contribution in [3.05, 3.63) is 0 Å². The molecule has 0 aliphatic heterocycles. The van der Waals surface area contributed by atoms with Crippen molar-refractivity contribution >= 4 is 51.2 Å². The fourth-order valence-electron chi connectivity index (χ4n) is 1.71. The van der Waals surface area contributed by atoms with Gasteiger partial charge in [0.15, 0.2) is 0 Å². The van der Waals surface area contributed by atoms with Crippen LogP contribution in [0.5, 0.6) is 0 Å². The Hall–Kier alpha value is -2.93. The highest BCUT2D eigenvalue weighted by Crippen LogP contribution is 2.54. The van der Waals surface area contributed by atoms with E-state index in [0.717, 1.165) is 0 Å². The molecule has 0 radical (unpaired) electrons. The quantitative estimate of drug-likeness (QED) is 0.146. The molecular weight excluding hydrogens is 462 g/mol. The van der Waals surface area contributed by atoms with Gasteiger partial charge in [-0.25, -0.2) is 0 Å². The lowest BCUT2D eigenvalue weighted by atomic mass is 10.3. The van der Waals surface area contributed by atoms with E-state index in [1.807, 2.05) is 0 Å². The van der Waals surface area contributed by atoms with Crippen molar-refractivity contribution in [1.29, 1.82) is 0 Å². The Morgan fingerprint density at radius 2 is 1.13 bits per heavy atom. The molecule has 0 saturated carbocycles. The summed E-state index contributed by atoms with van der Waals surface area (Å²) in [6.07, 6.45) is -3.58. The minimum Gasteiger partial charge on any atom is -0.550 e. The summed E-state index contributed by atoms with van der Waals surface area (Å²) in [7, 11) is -8.16. The molecule has 0 heterocycles. The minimum absolute atomic E-state index is 1.01. The van der Waals surface area contributed by atoms with Crippen LogP contribution in [0, 0.1) is 0 Å². The Bertz CT molecular complexity index is 720. The number of hydrogen-bond donors (Lipinski definition) is 6. The molecule has 0 saturated heterocycles. The largest absolute Gasteiger partial charge is 0.550 e. The fraction of sp³-hybridized carbons (Fsp3) is 0.500. The second-order valence-corrected chi connectivity index (χ2v) is 9.11. The van der Waals surface area contributed by atoms with Crippen LogP contribution in [0.3, 0.4) is 0 Å². The van der Waals surface area contributed by atoms with Crippen LogP contribution >= 0.6 is 15.4 Å². The van der Waals surface area contributed by atoms with Gasteiger partial charge >= 0.3 is 31.9 Å². The lowest BCUT2D eigenvalue weighted by Crippen LogP contribution is -2.38. The molecule has 0 aromatic carbocycles. The van der Waals surface area contributed by atoms with E-state index in [1.54, 1.807) is 0 Å². The summed E-state index contributed by atoms with van der Waals surface area (Å²) < 4.78 is 21.9. The Morgan fingerprint density at radius 1 is 0.800 bits per heavy atom. The zero-order chi connectivity index (χ0) is 24.4. The van der Waals surface area contributed by atoms with Crippen molar-refractivity contribution in [3.8, 4) is 0 Å². The molecule has 0 bridgehead atoms. The molecule has 170 valence electrons. The molecule has 0 aliphatic carbocycles. The highest BCUT2D eigenvalue weighted by atomic mass is 31.2. The van der Waals surface area contributed by atoms with Crippen molar-refractivity contribution in [3.63, 3.8) is 0 Å². The maximum atomic E-state index is 11.8. The summed E-state index contributed by atoms with van der Waals surface area (Å²) in [5, 5.41) is 54.0. The SMILES string of the molecule is O=C(O)CC(C(=O)O)P(=O)(O)C(CC(=O)O)C(=O)O.O=C([O-])CC(C(=O)[O-])[P+](=O)O. The monoisotopic (exact) mass is 477 g/mol. The normalized spacial score (nSPS) is 15.7. The minimum atomic E-state index is -5.09. The third-order valence-electron chi connectivity index (χ3n) is 3.10. The second-order valence-electron chi connectivity index (χ2n) is 5.29. The first-order valence-electron chi connectivity index (χ1n) is 7.22. The van der Waals surface area contributed by atoms with Crippen molar-refractivity contribution < 1.29 is 78.3 Å². The van der Waals surface area contributed by atoms with E-state index in [-0.39, 0.29) is 0 Å². The average Bonchev–Trinajstić information content (AvgIpc) is 2.54. The number of carbonyl (C=O) groups is 6. The second kappa shape index (κ2) is 12.6. The van der Waals surface area contributed by atoms with Gasteiger partial charge in [-0.1, -0.05) is 0 Å². The number of carbonyl (C=O) groups excluding carboxylic acids is 2. The van der Waals surface area contributed by atoms with Crippen LogP contribution in [0.25, 0.3) is 0 Å². The van der Waals surface area contributed by atoms with Crippen LogP contribution in [0.4, 0.5) is 0 Å². The van der Waals surface area contributed by atoms with Crippen LogP contribution in [0.15, 0.2) is 0 Å². The van der Waals surface area contributed by atoms with Crippen molar-refractivity contribution in [2.24, 2.45) is 0 Å². The molecule has 0 fully saturated rings. The molecule has 4 atom stereocenters. The zero-order valence-electron chi connectivity index (χ0n) is 14.5. The molecule has 30 heavy (non-hydrogen) atoms. The van der Waals surface area contributed by atoms with Gasteiger partial charge in [0.05, 0.1) is 18.8 Å². The molecule has 4 unspecified atom stereocenters. The van der Waals surface area contributed by atoms with Crippen LogP contribution in [-0.2, 0) is 37.9 Å². The molecular formula is C12H15O16P2-. The summed E-state index contributed by atoms with van der Waals surface area (Å²) >= 11 is 0. The molecule has 0 aliphatic rings. The molecule has 0 rings (SSSR count). The fourth-order valence-corrected chi connectivity index (χ4v) is 4.10. The molecule has 0 aromatic heterocycles. The van der Waals surface area contributed by atoms with Gasteiger partial charge in [0.1, 0.15) is 11.3 Å². The number of aliphatic carboxylic acids is 6. The molecule has 0 amide bonds. The summed E-state index contributed by atoms with van der Waals surface area (Å²) in [4.78, 5) is 79.8. The predicted molar refractivity (Wildman–Crippen MR) is 85.4 cm³/mol. The number of carboxylic acids is 6. The Morgan fingerprint density at radius 3 is 1.27 bits per heavy atom. The maximum Gasteiger partial charge on any atom is 0.515 e. The Labute approximate surface area is 166 Å². The highest BCUT2D eigenvalue weighted by molar-refractivity contribution is 7.61. The van der Waals surface area contributed by atoms with E-state index in [4.69, 9.17) is 25.3 Å². The first-order chi connectivity index (χ1) is 13.4. The maximum absolute atomic E-state index is 11.8. The predicted octanol–water partition coefficient (Wildman–Crippen LogP) is -3.91. The van der Waals surface area contributed by atoms with E-state index in [2.05, 4.69) is 0 Å². The van der Waals surface area contributed by atoms with Gasteiger partial charge in [-0.3, -0.25) is 23.7 Å².